The summed E-state index contributed by atoms with van der Waals surface area (Å²) >= 11 is 0. The summed E-state index contributed by atoms with van der Waals surface area (Å²) in [6.45, 7) is 1.80. The van der Waals surface area contributed by atoms with Gasteiger partial charge in [-0.2, -0.15) is 5.10 Å². The largest absolute Gasteiger partial charge is 0.380 e. The van der Waals surface area contributed by atoms with E-state index in [1.165, 1.54) is 11.1 Å². The fourth-order valence-corrected chi connectivity index (χ4v) is 3.74. The van der Waals surface area contributed by atoms with Gasteiger partial charge >= 0.3 is 0 Å². The van der Waals surface area contributed by atoms with E-state index in [1.807, 2.05) is 13.1 Å². The summed E-state index contributed by atoms with van der Waals surface area (Å²) in [4.78, 5) is 11.2. The van der Waals surface area contributed by atoms with Crippen molar-refractivity contribution in [2.45, 2.75) is 12.5 Å². The number of nitrogens with one attached hydrogen (secondary N) is 1. The molecule has 5 rings (SSSR count). The van der Waals surface area contributed by atoms with Crippen LogP contribution in [0.25, 0.3) is 27.9 Å². The van der Waals surface area contributed by atoms with Gasteiger partial charge in [0.25, 0.3) is 0 Å². The first-order valence-corrected chi connectivity index (χ1v) is 9.08. The van der Waals surface area contributed by atoms with E-state index in [0.717, 1.165) is 47.6 Å². The maximum absolute atomic E-state index is 5.47. The van der Waals surface area contributed by atoms with E-state index >= 15 is 0 Å². The van der Waals surface area contributed by atoms with Crippen LogP contribution in [0.5, 0.6) is 0 Å². The van der Waals surface area contributed by atoms with E-state index in [1.54, 1.807) is 13.4 Å². The summed E-state index contributed by atoms with van der Waals surface area (Å²) in [5.41, 5.74) is 5.08. The summed E-state index contributed by atoms with van der Waals surface area (Å²) in [5, 5.41) is 8.71. The third-order valence-corrected chi connectivity index (χ3v) is 5.28. The van der Waals surface area contributed by atoms with Crippen LogP contribution < -0.4 is 4.90 Å². The van der Waals surface area contributed by atoms with E-state index in [9.17, 15) is 0 Å². The van der Waals surface area contributed by atoms with Crippen LogP contribution in [0.3, 0.4) is 0 Å². The van der Waals surface area contributed by atoms with Crippen LogP contribution in [0.4, 0.5) is 5.82 Å². The Morgan fingerprint density at radius 2 is 2.15 bits per heavy atom. The predicted molar refractivity (Wildman–Crippen MR) is 105 cm³/mol. The Morgan fingerprint density at radius 1 is 1.26 bits per heavy atom. The molecule has 1 unspecified atom stereocenters. The average molecular weight is 361 g/mol. The first-order valence-electron chi connectivity index (χ1n) is 9.08. The molecular weight excluding hydrogens is 340 g/mol. The highest BCUT2D eigenvalue weighted by Gasteiger charge is 2.24. The highest BCUT2D eigenvalue weighted by atomic mass is 16.5. The minimum absolute atomic E-state index is 0.266. The molecule has 1 atom stereocenters. The molecule has 7 heteroatoms. The highest BCUT2D eigenvalue weighted by molar-refractivity contribution is 6.11. The van der Waals surface area contributed by atoms with E-state index in [4.69, 9.17) is 4.74 Å². The third kappa shape index (κ3) is 2.80. The molecule has 2 aromatic heterocycles. The Bertz CT molecular complexity index is 1080. The van der Waals surface area contributed by atoms with Crippen molar-refractivity contribution in [3.63, 3.8) is 0 Å². The zero-order chi connectivity index (χ0) is 18.4. The lowest BCUT2D eigenvalue weighted by molar-refractivity contribution is -0.423. The van der Waals surface area contributed by atoms with Crippen molar-refractivity contribution < 1.29 is 9.31 Å². The molecule has 1 fully saturated rings. The lowest BCUT2D eigenvalue weighted by Gasteiger charge is -2.17. The lowest BCUT2D eigenvalue weighted by atomic mass is 10.0. The van der Waals surface area contributed by atoms with Crippen LogP contribution in [0.2, 0.25) is 0 Å². The molecule has 7 nitrogen and oxygen atoms in total. The quantitative estimate of drug-likeness (QED) is 0.722. The smallest absolute Gasteiger partial charge is 0.182 e. The van der Waals surface area contributed by atoms with Crippen molar-refractivity contribution in [3.05, 3.63) is 42.4 Å². The minimum atomic E-state index is 0.266. The highest BCUT2D eigenvalue weighted by Crippen LogP contribution is 2.30. The summed E-state index contributed by atoms with van der Waals surface area (Å²) in [6, 6.07) is 8.37. The molecule has 0 radical (unpaired) electrons. The average Bonchev–Trinajstić information content (AvgIpc) is 3.32. The second kappa shape index (κ2) is 6.28. The maximum Gasteiger partial charge on any atom is 0.182 e. The van der Waals surface area contributed by atoms with Gasteiger partial charge in [0.15, 0.2) is 12.4 Å². The van der Waals surface area contributed by atoms with Crippen molar-refractivity contribution in [2.75, 3.05) is 32.1 Å². The Kier molecular flexibility index (Phi) is 3.75. The second-order valence-electron chi connectivity index (χ2n) is 7.07. The fraction of sp³-hybridized carbons (Fsp3) is 0.300. The Morgan fingerprint density at radius 3 is 2.93 bits per heavy atom. The molecule has 0 bridgehead atoms. The van der Waals surface area contributed by atoms with Crippen LogP contribution in [-0.4, -0.2) is 64.3 Å². The number of rotatable bonds is 4. The minimum Gasteiger partial charge on any atom is -0.380 e. The van der Waals surface area contributed by atoms with E-state index < -0.39 is 0 Å². The zero-order valence-electron chi connectivity index (χ0n) is 15.4. The number of aromatic nitrogens is 4. The Labute approximate surface area is 157 Å². The molecule has 2 aliphatic rings. The molecule has 1 N–H and O–H groups in total. The van der Waals surface area contributed by atoms with Crippen molar-refractivity contribution in [1.82, 2.24) is 20.2 Å². The van der Waals surface area contributed by atoms with E-state index in [0.29, 0.717) is 0 Å². The summed E-state index contributed by atoms with van der Waals surface area (Å²) in [7, 11) is 3.79. The zero-order valence-corrected chi connectivity index (χ0v) is 15.4. The van der Waals surface area contributed by atoms with Gasteiger partial charge in [0, 0.05) is 31.7 Å². The van der Waals surface area contributed by atoms with Gasteiger partial charge in [-0.25, -0.2) is 14.5 Å². The third-order valence-electron chi connectivity index (χ3n) is 5.28. The van der Waals surface area contributed by atoms with Gasteiger partial charge in [-0.15, -0.1) is 0 Å². The monoisotopic (exact) mass is 361 g/mol. The van der Waals surface area contributed by atoms with Gasteiger partial charge in [0.05, 0.1) is 17.3 Å². The van der Waals surface area contributed by atoms with Gasteiger partial charge in [-0.1, -0.05) is 6.07 Å². The van der Waals surface area contributed by atoms with Gasteiger partial charge in [0.1, 0.15) is 30.5 Å². The maximum atomic E-state index is 5.47. The summed E-state index contributed by atoms with van der Waals surface area (Å²) < 4.78 is 7.52. The van der Waals surface area contributed by atoms with Crippen LogP contribution in [0.1, 0.15) is 12.0 Å². The van der Waals surface area contributed by atoms with Crippen LogP contribution in [0, 0.1) is 0 Å². The lowest BCUT2D eigenvalue weighted by Crippen LogP contribution is -2.23. The standard InChI is InChI=1S/C20H21N6O/c1-25-9-14(10-25)13-3-4-17-16(7-13)20(24-23-17)18-8-19(22-12-21-18)26-6-5-15(11-26)27-2/h3-4,7-10,12,15H,5-6,11H2,1-2H3,(H,23,24)/q+1. The van der Waals surface area contributed by atoms with E-state index in [-0.39, 0.29) is 6.10 Å². The molecule has 0 aliphatic carbocycles. The second-order valence-corrected chi connectivity index (χ2v) is 7.07. The van der Waals surface area contributed by atoms with Crippen molar-refractivity contribution in [3.8, 4) is 11.4 Å². The van der Waals surface area contributed by atoms with Crippen LogP contribution in [0.15, 0.2) is 36.8 Å². The SMILES string of the molecule is COC1CCN(c2cc(-c3n[nH]c4ccc(C5=C[N+](C)=C5)cc34)ncn2)C1. The molecule has 0 saturated carbocycles. The molecule has 27 heavy (non-hydrogen) atoms. The number of allylic oxidation sites excluding steroid dienone is 1. The number of nitrogens with zero attached hydrogens (tertiary/aromatic N) is 5. The molecule has 2 aliphatic heterocycles. The predicted octanol–water partition coefficient (Wildman–Crippen LogP) is 2.31. The number of aromatic amines is 1. The number of anilines is 1. The van der Waals surface area contributed by atoms with Crippen LogP contribution >= 0.6 is 0 Å². The molecule has 1 saturated heterocycles. The first-order chi connectivity index (χ1) is 13.2. The Balaban J connectivity index is 1.51. The number of fused-ring (bicyclic) bond motifs is 1. The molecule has 136 valence electrons. The molecule has 4 heterocycles. The molecule has 0 spiro atoms. The number of hydrogen-bond acceptors (Lipinski definition) is 5. The van der Waals surface area contributed by atoms with Crippen molar-refractivity contribution in [1.29, 1.82) is 0 Å². The number of benzene rings is 1. The van der Waals surface area contributed by atoms with Gasteiger partial charge < -0.3 is 9.64 Å². The molecule has 0 amide bonds. The fourth-order valence-electron chi connectivity index (χ4n) is 3.74. The number of ether oxygens (including phenoxy) is 1. The number of hydrogen-bond donors (Lipinski definition) is 1. The summed E-state index contributed by atoms with van der Waals surface area (Å²) in [6.07, 6.45) is 7.13. The number of methoxy groups -OCH3 is 1. The van der Waals surface area contributed by atoms with Crippen molar-refractivity contribution >= 4 is 28.5 Å². The van der Waals surface area contributed by atoms with Crippen molar-refractivity contribution in [2.24, 2.45) is 0 Å². The normalized spacial score (nSPS) is 19.2. The van der Waals surface area contributed by atoms with Gasteiger partial charge in [-0.05, 0) is 24.1 Å². The Hall–Kier alpha value is -3.06. The van der Waals surface area contributed by atoms with E-state index in [2.05, 4.69) is 60.3 Å². The summed E-state index contributed by atoms with van der Waals surface area (Å²) in [5.74, 6) is 0.920. The molecule has 1 aromatic carbocycles. The molecule has 3 aromatic rings. The number of H-pyrrole nitrogens is 1. The van der Waals surface area contributed by atoms with Crippen LogP contribution in [-0.2, 0) is 4.74 Å². The topological polar surface area (TPSA) is 69.9 Å². The molecular formula is C20H21N6O+. The van der Waals surface area contributed by atoms with Gasteiger partial charge in [0.2, 0.25) is 0 Å². The first kappa shape index (κ1) is 16.1. The van der Waals surface area contributed by atoms with Gasteiger partial charge in [-0.3, -0.25) is 5.10 Å².